The van der Waals surface area contributed by atoms with Crippen molar-refractivity contribution in [2.24, 2.45) is 5.73 Å². The van der Waals surface area contributed by atoms with Crippen molar-refractivity contribution in [2.45, 2.75) is 18.4 Å². The molecule has 0 spiro atoms. The first kappa shape index (κ1) is 23.1. The molecule has 30 heavy (non-hydrogen) atoms. The fourth-order valence-electron chi connectivity index (χ4n) is 3.19. The average molecular weight is 415 g/mol. The second-order valence-corrected chi connectivity index (χ2v) is 6.77. The van der Waals surface area contributed by atoms with Gasteiger partial charge in [-0.2, -0.15) is 0 Å². The molecular weight excluding hydrogens is 384 g/mol. The Morgan fingerprint density at radius 1 is 1.43 bits per heavy atom. The number of ether oxygens (including phenoxy) is 2. The molecule has 0 aliphatic carbocycles. The number of rotatable bonds is 5. The number of hydrogen-bond acceptors (Lipinski definition) is 6. The number of carbonyl (C=O) groups excluding carboxylic acids is 1. The average Bonchev–Trinajstić information content (AvgIpc) is 3.13. The third-order valence-corrected chi connectivity index (χ3v) is 4.87. The molecule has 1 amide bonds. The zero-order valence-corrected chi connectivity index (χ0v) is 17.4. The second-order valence-electron chi connectivity index (χ2n) is 6.77. The lowest BCUT2D eigenvalue weighted by molar-refractivity contribution is -0.116. The first-order valence-corrected chi connectivity index (χ1v) is 9.59. The Morgan fingerprint density at radius 3 is 2.77 bits per heavy atom. The summed E-state index contributed by atoms with van der Waals surface area (Å²) in [5.41, 5.74) is 15.1. The molecule has 0 saturated carbocycles. The highest BCUT2D eigenvalue weighted by atomic mass is 16.5. The number of phenolic OH excluding ortho intramolecular Hbond substituents is 1. The van der Waals surface area contributed by atoms with E-state index in [0.717, 1.165) is 17.7 Å². The van der Waals surface area contributed by atoms with E-state index in [9.17, 15) is 9.90 Å². The van der Waals surface area contributed by atoms with Gasteiger partial charge in [0.05, 0.1) is 12.7 Å². The van der Waals surface area contributed by atoms with Gasteiger partial charge < -0.3 is 36.3 Å². The molecule has 7 N–H and O–H groups in total. The number of likely N-dealkylation sites (N-methyl/N-ethyl adjacent to an activating group) is 1. The fraction of sp³-hybridized carbons (Fsp3) is 0.318. The molecule has 162 valence electrons. The molecule has 0 bridgehead atoms. The van der Waals surface area contributed by atoms with Crippen LogP contribution in [0.1, 0.15) is 29.2 Å². The monoisotopic (exact) mass is 414 g/mol. The number of amides is 1. The first-order valence-electron chi connectivity index (χ1n) is 9.59. The molecular formula is C22H30N4O4. The van der Waals surface area contributed by atoms with Gasteiger partial charge in [-0.15, -0.1) is 0 Å². The van der Waals surface area contributed by atoms with Crippen molar-refractivity contribution in [3.8, 4) is 5.75 Å². The summed E-state index contributed by atoms with van der Waals surface area (Å²) in [5.74, 6) is 0.753. The Morgan fingerprint density at radius 2 is 2.17 bits per heavy atom. The summed E-state index contributed by atoms with van der Waals surface area (Å²) in [4.78, 5) is 13.2. The van der Waals surface area contributed by atoms with E-state index in [-0.39, 0.29) is 23.7 Å². The number of H-pyrrole nitrogens is 1. The number of methoxy groups -OCH3 is 1. The first-order chi connectivity index (χ1) is 14.4. The topological polar surface area (TPSA) is 136 Å². The number of para-hydroxylation sites is 1. The maximum atomic E-state index is 9.95. The van der Waals surface area contributed by atoms with Crippen molar-refractivity contribution in [3.05, 3.63) is 59.8 Å². The minimum atomic E-state index is -0.144. The summed E-state index contributed by atoms with van der Waals surface area (Å²) in [6, 6.07) is 8.94. The van der Waals surface area contributed by atoms with Crippen LogP contribution in [0.25, 0.3) is 11.8 Å². The Balaban J connectivity index is 0.000000469. The number of nitrogens with one attached hydrogen (secondary N) is 2. The molecule has 2 unspecified atom stereocenters. The molecule has 0 radical (unpaired) electrons. The van der Waals surface area contributed by atoms with Gasteiger partial charge in [0.1, 0.15) is 11.6 Å². The number of benzene rings is 1. The van der Waals surface area contributed by atoms with Crippen LogP contribution in [0.15, 0.2) is 43.0 Å². The maximum Gasteiger partial charge on any atom is 0.243 e. The molecule has 1 aliphatic heterocycles. The van der Waals surface area contributed by atoms with E-state index in [2.05, 4.69) is 16.9 Å². The van der Waals surface area contributed by atoms with Gasteiger partial charge in [-0.1, -0.05) is 18.7 Å². The molecule has 1 aromatic carbocycles. The van der Waals surface area contributed by atoms with Gasteiger partial charge in [0.15, 0.2) is 0 Å². The summed E-state index contributed by atoms with van der Waals surface area (Å²) in [7, 11) is 3.25. The number of anilines is 1. The molecule has 3 rings (SSSR count). The van der Waals surface area contributed by atoms with Crippen molar-refractivity contribution in [2.75, 3.05) is 33.1 Å². The molecule has 1 aliphatic rings. The van der Waals surface area contributed by atoms with Gasteiger partial charge in [0, 0.05) is 49.2 Å². The van der Waals surface area contributed by atoms with Crippen LogP contribution in [0.4, 0.5) is 5.82 Å². The number of aromatic amines is 1. The van der Waals surface area contributed by atoms with Crippen LogP contribution >= 0.6 is 0 Å². The fourth-order valence-corrected chi connectivity index (χ4v) is 3.19. The molecule has 8 heteroatoms. The summed E-state index contributed by atoms with van der Waals surface area (Å²) in [6.07, 6.45) is 3.87. The highest BCUT2D eigenvalue weighted by Crippen LogP contribution is 2.32. The molecule has 1 saturated heterocycles. The minimum Gasteiger partial charge on any atom is -0.507 e. The van der Waals surface area contributed by atoms with Crippen LogP contribution in [0, 0.1) is 0 Å². The van der Waals surface area contributed by atoms with Crippen molar-refractivity contribution >= 4 is 23.5 Å². The maximum absolute atomic E-state index is 9.95. The van der Waals surface area contributed by atoms with Crippen LogP contribution in [0.2, 0.25) is 0 Å². The van der Waals surface area contributed by atoms with E-state index in [1.165, 1.54) is 6.08 Å². The summed E-state index contributed by atoms with van der Waals surface area (Å²) in [6.45, 7) is 4.50. The van der Waals surface area contributed by atoms with Crippen molar-refractivity contribution < 1.29 is 19.4 Å². The molecule has 1 fully saturated rings. The third-order valence-electron chi connectivity index (χ3n) is 4.87. The van der Waals surface area contributed by atoms with E-state index in [1.807, 2.05) is 12.1 Å². The Kier molecular flexibility index (Phi) is 8.52. The van der Waals surface area contributed by atoms with E-state index in [0.29, 0.717) is 30.3 Å². The van der Waals surface area contributed by atoms with Crippen molar-refractivity contribution in [1.82, 2.24) is 10.3 Å². The van der Waals surface area contributed by atoms with Crippen LogP contribution in [0.3, 0.4) is 0 Å². The molecule has 2 aromatic rings. The van der Waals surface area contributed by atoms with E-state index in [4.69, 9.17) is 20.9 Å². The highest BCUT2D eigenvalue weighted by Gasteiger charge is 2.28. The van der Waals surface area contributed by atoms with Gasteiger partial charge in [0.2, 0.25) is 5.91 Å². The lowest BCUT2D eigenvalue weighted by Crippen LogP contribution is -2.32. The third kappa shape index (κ3) is 5.88. The SMILES string of the molecule is C=CC(=O)NC.COC1COCCC1c1cc(/C=C(\N)c2ccccc2O)c(N)[nH]1. The normalized spacial score (nSPS) is 18.8. The largest absolute Gasteiger partial charge is 0.507 e. The van der Waals surface area contributed by atoms with Gasteiger partial charge in [-0.3, -0.25) is 4.79 Å². The van der Waals surface area contributed by atoms with Gasteiger partial charge in [0.25, 0.3) is 0 Å². The molecule has 2 atom stereocenters. The summed E-state index contributed by atoms with van der Waals surface area (Å²) >= 11 is 0. The van der Waals surface area contributed by atoms with E-state index in [1.54, 1.807) is 38.4 Å². The van der Waals surface area contributed by atoms with E-state index >= 15 is 0 Å². The van der Waals surface area contributed by atoms with Crippen LogP contribution in [0.5, 0.6) is 5.75 Å². The molecule has 2 heterocycles. The molecule has 8 nitrogen and oxygen atoms in total. The van der Waals surface area contributed by atoms with Crippen molar-refractivity contribution in [1.29, 1.82) is 0 Å². The standard InChI is InChI=1S/C18H23N3O3.C4H7NO/c1-23-17-10-24-7-6-13(17)15-9-11(18(20)21-15)8-14(19)12-4-2-3-5-16(12)22;1-3-4(6)5-2/h2-5,8-9,13,17,21-22H,6-7,10,19-20H2,1H3;3H,1H2,2H3,(H,5,6)/b14-8-;. The van der Waals surface area contributed by atoms with Crippen LogP contribution in [-0.2, 0) is 14.3 Å². The number of aromatic hydroxyl groups is 1. The number of carbonyl (C=O) groups is 1. The Bertz CT molecular complexity index is 891. The van der Waals surface area contributed by atoms with Gasteiger partial charge in [-0.25, -0.2) is 0 Å². The van der Waals surface area contributed by atoms with Gasteiger partial charge in [-0.05, 0) is 36.8 Å². The predicted molar refractivity (Wildman–Crippen MR) is 119 cm³/mol. The van der Waals surface area contributed by atoms with E-state index < -0.39 is 0 Å². The smallest absolute Gasteiger partial charge is 0.243 e. The summed E-state index contributed by atoms with van der Waals surface area (Å²) < 4.78 is 11.0. The quantitative estimate of drug-likeness (QED) is 0.476. The zero-order valence-electron chi connectivity index (χ0n) is 17.4. The highest BCUT2D eigenvalue weighted by molar-refractivity contribution is 5.86. The summed E-state index contributed by atoms with van der Waals surface area (Å²) in [5, 5.41) is 12.3. The number of hydrogen-bond donors (Lipinski definition) is 5. The van der Waals surface area contributed by atoms with Crippen LogP contribution in [-0.4, -0.2) is 49.5 Å². The molecule has 1 aromatic heterocycles. The van der Waals surface area contributed by atoms with Crippen molar-refractivity contribution in [3.63, 3.8) is 0 Å². The minimum absolute atomic E-state index is 0.00384. The zero-order chi connectivity index (χ0) is 22.1. The number of phenols is 1. The lowest BCUT2D eigenvalue weighted by atomic mass is 9.93. The lowest BCUT2D eigenvalue weighted by Gasteiger charge is -2.29. The Labute approximate surface area is 176 Å². The van der Waals surface area contributed by atoms with Crippen LogP contribution < -0.4 is 16.8 Å². The number of aromatic nitrogens is 1. The van der Waals surface area contributed by atoms with Gasteiger partial charge >= 0.3 is 0 Å². The number of nitrogen functional groups attached to an aromatic ring is 1. The Hall–Kier alpha value is -3.23. The number of nitrogens with two attached hydrogens (primary N) is 2. The second kappa shape index (κ2) is 11.1. The predicted octanol–water partition coefficient (Wildman–Crippen LogP) is 2.20.